The highest BCUT2D eigenvalue weighted by Crippen LogP contribution is 2.24. The van der Waals surface area contributed by atoms with E-state index in [0.717, 1.165) is 12.3 Å². The number of piperidine rings is 1. The van der Waals surface area contributed by atoms with Crippen molar-refractivity contribution in [3.05, 3.63) is 24.0 Å². The number of ether oxygens (including phenoxy) is 1. The van der Waals surface area contributed by atoms with Gasteiger partial charge in [0.15, 0.2) is 0 Å². The third-order valence-corrected chi connectivity index (χ3v) is 2.68. The normalized spacial score (nSPS) is 21.9. The highest BCUT2D eigenvalue weighted by Gasteiger charge is 2.14. The molecule has 1 aliphatic heterocycles. The molecule has 0 radical (unpaired) electrons. The van der Waals surface area contributed by atoms with Crippen LogP contribution in [0, 0.1) is 0 Å². The zero-order chi connectivity index (χ0) is 9.80. The fourth-order valence-corrected chi connectivity index (χ4v) is 1.87. The molecule has 0 bridgehead atoms. The van der Waals surface area contributed by atoms with E-state index in [4.69, 9.17) is 4.74 Å². The topological polar surface area (TPSA) is 34.1 Å². The summed E-state index contributed by atoms with van der Waals surface area (Å²) in [6, 6.07) is 2.53. The molecule has 3 heteroatoms. The minimum Gasteiger partial charge on any atom is -0.495 e. The summed E-state index contributed by atoms with van der Waals surface area (Å²) in [6.07, 6.45) is 7.45. The van der Waals surface area contributed by atoms with Crippen LogP contribution in [0.1, 0.15) is 30.9 Å². The first-order chi connectivity index (χ1) is 6.90. The van der Waals surface area contributed by atoms with Crippen molar-refractivity contribution in [2.45, 2.75) is 25.3 Å². The Hall–Kier alpha value is -1.09. The number of aromatic nitrogens is 1. The van der Waals surface area contributed by atoms with Crippen LogP contribution in [-0.2, 0) is 0 Å². The van der Waals surface area contributed by atoms with E-state index in [0.29, 0.717) is 6.04 Å². The summed E-state index contributed by atoms with van der Waals surface area (Å²) in [5, 5.41) is 3.49. The summed E-state index contributed by atoms with van der Waals surface area (Å²) in [4.78, 5) is 4.17. The SMILES string of the molecule is COc1cncc([C@H]2CCCCN2)c1. The second kappa shape index (κ2) is 4.42. The Bertz CT molecular complexity index is 295. The van der Waals surface area contributed by atoms with Gasteiger partial charge in [-0.15, -0.1) is 0 Å². The number of hydrogen-bond donors (Lipinski definition) is 1. The average Bonchev–Trinajstić information content (AvgIpc) is 2.30. The lowest BCUT2D eigenvalue weighted by Gasteiger charge is -2.23. The summed E-state index contributed by atoms with van der Waals surface area (Å²) in [6.45, 7) is 1.11. The van der Waals surface area contributed by atoms with Gasteiger partial charge in [0.05, 0.1) is 13.3 Å². The molecular weight excluding hydrogens is 176 g/mol. The molecule has 76 valence electrons. The maximum absolute atomic E-state index is 5.16. The maximum Gasteiger partial charge on any atom is 0.137 e. The van der Waals surface area contributed by atoms with E-state index < -0.39 is 0 Å². The van der Waals surface area contributed by atoms with Gasteiger partial charge in [-0.25, -0.2) is 0 Å². The minimum absolute atomic E-state index is 0.464. The molecule has 1 aromatic heterocycles. The van der Waals surface area contributed by atoms with E-state index >= 15 is 0 Å². The number of nitrogens with one attached hydrogen (secondary N) is 1. The molecule has 0 unspecified atom stereocenters. The Labute approximate surface area is 84.5 Å². The standard InChI is InChI=1S/C11H16N2O/c1-14-10-6-9(7-12-8-10)11-4-2-3-5-13-11/h6-8,11,13H,2-5H2,1H3/t11-/m1/s1. The number of pyridine rings is 1. The molecule has 2 heterocycles. The van der Waals surface area contributed by atoms with Crippen LogP contribution in [0.4, 0.5) is 0 Å². The quantitative estimate of drug-likeness (QED) is 0.777. The molecule has 0 aromatic carbocycles. The zero-order valence-electron chi connectivity index (χ0n) is 8.49. The third kappa shape index (κ3) is 2.04. The van der Waals surface area contributed by atoms with Gasteiger partial charge in [-0.3, -0.25) is 4.98 Å². The highest BCUT2D eigenvalue weighted by atomic mass is 16.5. The lowest BCUT2D eigenvalue weighted by Crippen LogP contribution is -2.26. The van der Waals surface area contributed by atoms with Gasteiger partial charge in [0, 0.05) is 12.2 Å². The van der Waals surface area contributed by atoms with Gasteiger partial charge in [0.25, 0.3) is 0 Å². The van der Waals surface area contributed by atoms with Crippen LogP contribution in [0.5, 0.6) is 5.75 Å². The Morgan fingerprint density at radius 3 is 3.07 bits per heavy atom. The van der Waals surface area contributed by atoms with E-state index in [1.165, 1.54) is 24.8 Å². The summed E-state index contributed by atoms with van der Waals surface area (Å²) in [5.74, 6) is 0.842. The summed E-state index contributed by atoms with van der Waals surface area (Å²) >= 11 is 0. The van der Waals surface area contributed by atoms with Crippen molar-refractivity contribution in [3.8, 4) is 5.75 Å². The van der Waals surface area contributed by atoms with Crippen molar-refractivity contribution in [1.29, 1.82) is 0 Å². The van der Waals surface area contributed by atoms with Crippen molar-refractivity contribution in [2.75, 3.05) is 13.7 Å². The molecule has 1 fully saturated rings. The predicted octanol–water partition coefficient (Wildman–Crippen LogP) is 1.90. The first-order valence-electron chi connectivity index (χ1n) is 5.12. The predicted molar refractivity (Wildman–Crippen MR) is 55.4 cm³/mol. The summed E-state index contributed by atoms with van der Waals surface area (Å²) in [5.41, 5.74) is 1.24. The highest BCUT2D eigenvalue weighted by molar-refractivity contribution is 5.26. The van der Waals surface area contributed by atoms with Crippen LogP contribution in [0.15, 0.2) is 18.5 Å². The molecule has 1 aromatic rings. The first-order valence-corrected chi connectivity index (χ1v) is 5.12. The van der Waals surface area contributed by atoms with Gasteiger partial charge >= 0.3 is 0 Å². The van der Waals surface area contributed by atoms with Gasteiger partial charge in [0.1, 0.15) is 5.75 Å². The van der Waals surface area contributed by atoms with Crippen LogP contribution in [0.2, 0.25) is 0 Å². The van der Waals surface area contributed by atoms with Crippen molar-refractivity contribution >= 4 is 0 Å². The Balaban J connectivity index is 2.13. The lowest BCUT2D eigenvalue weighted by molar-refractivity contribution is 0.398. The molecule has 2 rings (SSSR count). The lowest BCUT2D eigenvalue weighted by atomic mass is 9.99. The molecule has 1 atom stereocenters. The molecule has 0 amide bonds. The largest absolute Gasteiger partial charge is 0.495 e. The average molecular weight is 192 g/mol. The fourth-order valence-electron chi connectivity index (χ4n) is 1.87. The van der Waals surface area contributed by atoms with Crippen molar-refractivity contribution in [1.82, 2.24) is 10.3 Å². The summed E-state index contributed by atoms with van der Waals surface area (Å²) < 4.78 is 5.16. The van der Waals surface area contributed by atoms with Crippen molar-refractivity contribution in [3.63, 3.8) is 0 Å². The molecule has 1 aliphatic rings. The van der Waals surface area contributed by atoms with E-state index in [-0.39, 0.29) is 0 Å². The second-order valence-electron chi connectivity index (χ2n) is 3.66. The Morgan fingerprint density at radius 1 is 1.43 bits per heavy atom. The van der Waals surface area contributed by atoms with Crippen LogP contribution in [0.25, 0.3) is 0 Å². The maximum atomic E-state index is 5.16. The Kier molecular flexibility index (Phi) is 2.99. The van der Waals surface area contributed by atoms with Gasteiger partial charge in [-0.05, 0) is 31.0 Å². The smallest absolute Gasteiger partial charge is 0.137 e. The third-order valence-electron chi connectivity index (χ3n) is 2.68. The molecule has 0 aliphatic carbocycles. The van der Waals surface area contributed by atoms with Crippen LogP contribution in [-0.4, -0.2) is 18.6 Å². The molecule has 0 saturated carbocycles. The Morgan fingerprint density at radius 2 is 2.36 bits per heavy atom. The number of rotatable bonds is 2. The molecular formula is C11H16N2O. The van der Waals surface area contributed by atoms with E-state index in [1.807, 2.05) is 6.20 Å². The monoisotopic (exact) mass is 192 g/mol. The van der Waals surface area contributed by atoms with Gasteiger partial charge < -0.3 is 10.1 Å². The first kappa shape index (κ1) is 9.46. The molecule has 0 spiro atoms. The fraction of sp³-hybridized carbons (Fsp3) is 0.545. The molecule has 1 saturated heterocycles. The van der Waals surface area contributed by atoms with E-state index in [1.54, 1.807) is 13.3 Å². The number of nitrogens with zero attached hydrogens (tertiary/aromatic N) is 1. The van der Waals surface area contributed by atoms with Crippen molar-refractivity contribution < 1.29 is 4.74 Å². The van der Waals surface area contributed by atoms with Gasteiger partial charge in [0.2, 0.25) is 0 Å². The molecule has 14 heavy (non-hydrogen) atoms. The van der Waals surface area contributed by atoms with Crippen LogP contribution >= 0.6 is 0 Å². The molecule has 1 N–H and O–H groups in total. The number of hydrogen-bond acceptors (Lipinski definition) is 3. The number of methoxy groups -OCH3 is 1. The van der Waals surface area contributed by atoms with Gasteiger partial charge in [-0.2, -0.15) is 0 Å². The van der Waals surface area contributed by atoms with Crippen LogP contribution in [0.3, 0.4) is 0 Å². The summed E-state index contributed by atoms with van der Waals surface area (Å²) in [7, 11) is 1.68. The van der Waals surface area contributed by atoms with Crippen LogP contribution < -0.4 is 10.1 Å². The van der Waals surface area contributed by atoms with E-state index in [2.05, 4.69) is 16.4 Å². The van der Waals surface area contributed by atoms with E-state index in [9.17, 15) is 0 Å². The second-order valence-corrected chi connectivity index (χ2v) is 3.66. The van der Waals surface area contributed by atoms with Crippen molar-refractivity contribution in [2.24, 2.45) is 0 Å². The zero-order valence-corrected chi connectivity index (χ0v) is 8.49. The van der Waals surface area contributed by atoms with Gasteiger partial charge in [-0.1, -0.05) is 6.42 Å². The minimum atomic E-state index is 0.464. The molecule has 3 nitrogen and oxygen atoms in total.